The maximum absolute atomic E-state index is 12.6. The molecule has 0 saturated carbocycles. The molecule has 4 aliphatic carbocycles. The fourth-order valence-corrected chi connectivity index (χ4v) is 12.8. The Balaban J connectivity index is 0.000000144. The zero-order chi connectivity index (χ0) is 39.2. The zero-order valence-electron chi connectivity index (χ0n) is 30.0. The van der Waals surface area contributed by atoms with Crippen LogP contribution in [-0.4, -0.2) is 29.4 Å². The molecule has 4 aromatic rings. The van der Waals surface area contributed by atoms with Gasteiger partial charge < -0.3 is 9.47 Å². The standard InChI is InChI=1S/2C22H18Br2O2.CHCl3/c2*23-15-7-13(8-16(24)10-15)20-18-6-5-12-3-1-2-4-17(12)19(18)9-14-11-26-22(25)21(14)20;2-1(3)4/h2*1-4,7-10,14,18,20-21H,5-6,11H2;1H/t2*14-,18-,20-,21+;/m10./s1. The zero-order valence-corrected chi connectivity index (χ0v) is 38.6. The first-order chi connectivity index (χ1) is 27.0. The van der Waals surface area contributed by atoms with Crippen LogP contribution in [0.5, 0.6) is 0 Å². The van der Waals surface area contributed by atoms with Gasteiger partial charge in [0.1, 0.15) is 0 Å². The number of esters is 2. The second-order valence-corrected chi connectivity index (χ2v) is 20.8. The molecule has 0 unspecified atom stereocenters. The van der Waals surface area contributed by atoms with Crippen LogP contribution >= 0.6 is 98.5 Å². The third-order valence-corrected chi connectivity index (χ3v) is 14.0. The van der Waals surface area contributed by atoms with Gasteiger partial charge in [0.25, 0.3) is 0 Å². The highest BCUT2D eigenvalue weighted by atomic mass is 79.9. The van der Waals surface area contributed by atoms with Crippen molar-refractivity contribution in [2.75, 3.05) is 13.2 Å². The van der Waals surface area contributed by atoms with Crippen molar-refractivity contribution in [2.45, 2.75) is 41.8 Å². The molecule has 0 bridgehead atoms. The van der Waals surface area contributed by atoms with Gasteiger partial charge in [-0.2, -0.15) is 0 Å². The highest BCUT2D eigenvalue weighted by Crippen LogP contribution is 2.56. The average molecular weight is 1070 g/mol. The van der Waals surface area contributed by atoms with Gasteiger partial charge in [-0.1, -0.05) is 159 Å². The van der Waals surface area contributed by atoms with Gasteiger partial charge in [0.15, 0.2) is 4.30 Å². The topological polar surface area (TPSA) is 52.6 Å². The van der Waals surface area contributed by atoms with Gasteiger partial charge in [-0.15, -0.1) is 0 Å². The fraction of sp³-hybridized carbons (Fsp3) is 0.333. The number of halogens is 7. The predicted molar refractivity (Wildman–Crippen MR) is 239 cm³/mol. The summed E-state index contributed by atoms with van der Waals surface area (Å²) in [5.41, 5.74) is 10.8. The molecule has 0 radical (unpaired) electrons. The summed E-state index contributed by atoms with van der Waals surface area (Å²) < 4.78 is 14.4. The van der Waals surface area contributed by atoms with Gasteiger partial charge in [-0.05, 0) is 118 Å². The van der Waals surface area contributed by atoms with Crippen molar-refractivity contribution in [1.29, 1.82) is 0 Å². The maximum Gasteiger partial charge on any atom is 0.310 e. The van der Waals surface area contributed by atoms with Crippen LogP contribution in [-0.2, 0) is 31.9 Å². The number of rotatable bonds is 2. The molecule has 8 atom stereocenters. The van der Waals surface area contributed by atoms with Crippen LogP contribution in [0, 0.1) is 35.5 Å². The number of carbonyl (C=O) groups is 2. The van der Waals surface area contributed by atoms with Crippen LogP contribution in [0.2, 0.25) is 0 Å². The number of carbonyl (C=O) groups excluding carboxylic acids is 2. The van der Waals surface area contributed by atoms with Crippen LogP contribution in [0.25, 0.3) is 11.1 Å². The first-order valence-electron chi connectivity index (χ1n) is 18.7. The van der Waals surface area contributed by atoms with Gasteiger partial charge in [-0.3, -0.25) is 9.59 Å². The first kappa shape index (κ1) is 40.9. The van der Waals surface area contributed by atoms with E-state index < -0.39 is 4.30 Å². The van der Waals surface area contributed by atoms with Crippen LogP contribution in [0.3, 0.4) is 0 Å². The largest absolute Gasteiger partial charge is 0.465 e. The summed E-state index contributed by atoms with van der Waals surface area (Å²) in [5.74, 6) is 1.16. The summed E-state index contributed by atoms with van der Waals surface area (Å²) in [6.45, 7) is 1.01. The van der Waals surface area contributed by atoms with Crippen molar-refractivity contribution < 1.29 is 19.1 Å². The van der Waals surface area contributed by atoms with Gasteiger partial charge in [-0.25, -0.2) is 0 Å². The number of benzene rings is 4. The Morgan fingerprint density at radius 3 is 1.27 bits per heavy atom. The Kier molecular flexibility index (Phi) is 12.7. The van der Waals surface area contributed by atoms with Gasteiger partial charge in [0, 0.05) is 41.6 Å². The summed E-state index contributed by atoms with van der Waals surface area (Å²) in [6.07, 6.45) is 8.96. The van der Waals surface area contributed by atoms with E-state index in [0.717, 1.165) is 43.6 Å². The van der Waals surface area contributed by atoms with Crippen molar-refractivity contribution in [1.82, 2.24) is 0 Å². The minimum Gasteiger partial charge on any atom is -0.465 e. The third-order valence-electron chi connectivity index (χ3n) is 12.2. The molecule has 56 heavy (non-hydrogen) atoms. The van der Waals surface area contributed by atoms with Gasteiger partial charge in [0.2, 0.25) is 0 Å². The molecule has 0 spiro atoms. The Morgan fingerprint density at radius 1 is 0.536 bits per heavy atom. The Morgan fingerprint density at radius 2 is 0.893 bits per heavy atom. The summed E-state index contributed by atoms with van der Waals surface area (Å²) in [4.78, 5) is 25.2. The molecule has 4 nitrogen and oxygen atoms in total. The van der Waals surface area contributed by atoms with Crippen LogP contribution in [0.1, 0.15) is 58.1 Å². The SMILES string of the molecule is ClC(Cl)Cl.O=C1OC[C@@H]2C=C3c4ccccc4CC[C@@H]3[C@H](c3cc(Br)cc(Br)c3)[C@H]12.O=C1OC[C@H]2C=C3c4ccccc4CC[C@H]3[C@@H](c3cc(Br)cc(Br)c3)[C@@H]12. The summed E-state index contributed by atoms with van der Waals surface area (Å²) >= 11 is 28.9. The molecule has 0 N–H and O–H groups in total. The van der Waals surface area contributed by atoms with E-state index in [9.17, 15) is 9.59 Å². The van der Waals surface area contributed by atoms with E-state index in [-0.39, 0.29) is 47.4 Å². The molecule has 10 rings (SSSR count). The van der Waals surface area contributed by atoms with E-state index in [4.69, 9.17) is 44.3 Å². The highest BCUT2D eigenvalue weighted by molar-refractivity contribution is 9.11. The van der Waals surface area contributed by atoms with Crippen molar-refractivity contribution in [3.63, 3.8) is 0 Å². The molecule has 2 saturated heterocycles. The van der Waals surface area contributed by atoms with E-state index >= 15 is 0 Å². The Hall–Kier alpha value is -1.91. The number of cyclic esters (lactones) is 2. The number of alkyl halides is 3. The summed E-state index contributed by atoms with van der Waals surface area (Å²) in [6, 6.07) is 30.2. The molecule has 0 amide bonds. The number of hydrogen-bond acceptors (Lipinski definition) is 4. The van der Waals surface area contributed by atoms with Gasteiger partial charge in [0.05, 0.1) is 25.0 Å². The van der Waals surface area contributed by atoms with Crippen molar-refractivity contribution in [2.24, 2.45) is 35.5 Å². The number of aryl methyl sites for hydroxylation is 2. The van der Waals surface area contributed by atoms with Crippen molar-refractivity contribution in [3.8, 4) is 0 Å². The lowest BCUT2D eigenvalue weighted by molar-refractivity contribution is -0.143. The monoisotopic (exact) mass is 1060 g/mol. The molecule has 0 aromatic heterocycles. The number of fused-ring (bicyclic) bond motifs is 8. The Bertz CT molecular complexity index is 2040. The lowest BCUT2D eigenvalue weighted by Crippen LogP contribution is -2.35. The van der Waals surface area contributed by atoms with Crippen LogP contribution in [0.4, 0.5) is 0 Å². The minimum absolute atomic E-state index is 0.0368. The predicted octanol–water partition coefficient (Wildman–Crippen LogP) is 13.5. The second kappa shape index (κ2) is 17.4. The van der Waals surface area contributed by atoms with Crippen molar-refractivity contribution >= 4 is 122 Å². The molecule has 6 aliphatic rings. The smallest absolute Gasteiger partial charge is 0.310 e. The molecule has 2 heterocycles. The summed E-state index contributed by atoms with van der Waals surface area (Å²) in [5, 5.41) is 0. The maximum atomic E-state index is 12.6. The van der Waals surface area contributed by atoms with E-state index in [1.54, 1.807) is 0 Å². The lowest BCUT2D eigenvalue weighted by Gasteiger charge is -2.41. The Labute approximate surface area is 376 Å². The molecule has 11 heteroatoms. The van der Waals surface area contributed by atoms with E-state index in [0.29, 0.717) is 25.0 Å². The first-order valence-corrected chi connectivity index (χ1v) is 23.2. The summed E-state index contributed by atoms with van der Waals surface area (Å²) in [7, 11) is 0. The molecule has 2 aliphatic heterocycles. The normalized spacial score (nSPS) is 27.9. The quantitative estimate of drug-likeness (QED) is 0.148. The van der Waals surface area contributed by atoms with Crippen LogP contribution in [0.15, 0.2) is 115 Å². The molecular weight excluding hydrogens is 1030 g/mol. The minimum atomic E-state index is -0.750. The van der Waals surface area contributed by atoms with E-state index in [2.05, 4.69) is 149 Å². The average Bonchev–Trinajstić information content (AvgIpc) is 3.73. The lowest BCUT2D eigenvalue weighted by atomic mass is 9.61. The molecule has 290 valence electrons. The van der Waals surface area contributed by atoms with E-state index in [1.165, 1.54) is 44.5 Å². The molecule has 4 aromatic carbocycles. The molecular formula is C45H37Br4Cl3O4. The second-order valence-electron chi connectivity index (χ2n) is 15.2. The third kappa shape index (κ3) is 8.29. The van der Waals surface area contributed by atoms with Gasteiger partial charge >= 0.3 is 11.9 Å². The number of allylic oxidation sites excluding steroid dienone is 2. The number of hydrogen-bond donors (Lipinski definition) is 0. The van der Waals surface area contributed by atoms with Crippen molar-refractivity contribution in [3.05, 3.63) is 148 Å². The molecule has 2 fully saturated rings. The van der Waals surface area contributed by atoms with E-state index in [1.807, 2.05) is 12.1 Å². The highest BCUT2D eigenvalue weighted by Gasteiger charge is 2.51. The fourth-order valence-electron chi connectivity index (χ4n) is 10.2. The number of ether oxygens (including phenoxy) is 2. The van der Waals surface area contributed by atoms with Crippen LogP contribution < -0.4 is 0 Å².